The Morgan fingerprint density at radius 2 is 0.875 bits per heavy atom. The van der Waals surface area contributed by atoms with Gasteiger partial charge in [0.05, 0.1) is 35.3 Å². The minimum absolute atomic E-state index is 0.266. The van der Waals surface area contributed by atoms with E-state index in [-0.39, 0.29) is 11.6 Å². The predicted octanol–water partition coefficient (Wildman–Crippen LogP) is 11.2. The number of aromatic nitrogens is 4. The van der Waals surface area contributed by atoms with Gasteiger partial charge in [-0.05, 0) is 98.9 Å². The molecular weight excluding hydrogens is 600 g/mol. The number of aryl methyl sites for hydroxylation is 4. The number of hydrogen-bond donors (Lipinski definition) is 0. The standard InChI is InChI=1S/C40H58N4O4/c1-27(2)19-15-11-9-13-17-21-47-39(45)43-35-25-31(7)29(5)23-33(35)41-37(43)38-42-34-24-30(6)32(8)26-36(34)44(38)40(46)48-22-18-14-10-12-16-20-28(3)4/h23-28H,9-22H2,1-8H3. The van der Waals surface area contributed by atoms with Gasteiger partial charge in [0, 0.05) is 0 Å². The average molecular weight is 659 g/mol. The van der Waals surface area contributed by atoms with E-state index in [4.69, 9.17) is 19.4 Å². The Labute approximate surface area is 287 Å². The number of carbonyl (C=O) groups is 2. The van der Waals surface area contributed by atoms with Crippen molar-refractivity contribution >= 4 is 34.3 Å². The van der Waals surface area contributed by atoms with E-state index < -0.39 is 12.2 Å². The molecule has 0 saturated carbocycles. The van der Waals surface area contributed by atoms with E-state index in [2.05, 4.69) is 27.7 Å². The monoisotopic (exact) mass is 658 g/mol. The molecule has 0 unspecified atom stereocenters. The first-order valence-electron chi connectivity index (χ1n) is 18.3. The topological polar surface area (TPSA) is 88.2 Å². The van der Waals surface area contributed by atoms with E-state index in [9.17, 15) is 9.59 Å². The van der Waals surface area contributed by atoms with Gasteiger partial charge < -0.3 is 9.47 Å². The lowest BCUT2D eigenvalue weighted by molar-refractivity contribution is 0.144. The van der Waals surface area contributed by atoms with Crippen LogP contribution >= 0.6 is 0 Å². The summed E-state index contributed by atoms with van der Waals surface area (Å²) in [5, 5.41) is 0. The number of benzene rings is 2. The van der Waals surface area contributed by atoms with E-state index in [1.165, 1.54) is 47.7 Å². The van der Waals surface area contributed by atoms with Crippen LogP contribution in [0.15, 0.2) is 24.3 Å². The Bertz CT molecular complexity index is 1560. The van der Waals surface area contributed by atoms with Gasteiger partial charge in [-0.25, -0.2) is 28.7 Å². The second-order valence-corrected chi connectivity index (χ2v) is 14.5. The highest BCUT2D eigenvalue weighted by atomic mass is 16.6. The van der Waals surface area contributed by atoms with Gasteiger partial charge in [-0.1, -0.05) is 91.9 Å². The molecule has 8 heteroatoms. The van der Waals surface area contributed by atoms with Gasteiger partial charge in [0.25, 0.3) is 0 Å². The molecule has 0 aliphatic carbocycles. The Morgan fingerprint density at radius 3 is 1.25 bits per heavy atom. The highest BCUT2D eigenvalue weighted by Crippen LogP contribution is 2.31. The lowest BCUT2D eigenvalue weighted by atomic mass is 10.0. The summed E-state index contributed by atoms with van der Waals surface area (Å²) in [6.45, 7) is 17.7. The second-order valence-electron chi connectivity index (χ2n) is 14.5. The van der Waals surface area contributed by atoms with Crippen LogP contribution in [-0.4, -0.2) is 44.5 Å². The minimum atomic E-state index is -0.521. The third kappa shape index (κ3) is 9.70. The van der Waals surface area contributed by atoms with E-state index in [1.54, 1.807) is 0 Å². The van der Waals surface area contributed by atoms with Crippen LogP contribution in [-0.2, 0) is 9.47 Å². The maximum atomic E-state index is 13.8. The molecule has 8 nitrogen and oxygen atoms in total. The molecule has 0 radical (unpaired) electrons. The molecule has 0 fully saturated rings. The van der Waals surface area contributed by atoms with Gasteiger partial charge in [0.15, 0.2) is 11.6 Å². The van der Waals surface area contributed by atoms with Gasteiger partial charge in [-0.15, -0.1) is 0 Å². The number of imidazole rings is 2. The summed E-state index contributed by atoms with van der Waals surface area (Å²) in [5.74, 6) is 1.99. The summed E-state index contributed by atoms with van der Waals surface area (Å²) in [6.07, 6.45) is 12.2. The molecule has 0 bridgehead atoms. The Kier molecular flexibility index (Phi) is 13.7. The molecule has 0 amide bonds. The van der Waals surface area contributed by atoms with Crippen molar-refractivity contribution < 1.29 is 19.1 Å². The lowest BCUT2D eigenvalue weighted by Gasteiger charge is -2.12. The van der Waals surface area contributed by atoms with Crippen LogP contribution in [0.3, 0.4) is 0 Å². The first-order chi connectivity index (χ1) is 23.0. The maximum absolute atomic E-state index is 13.8. The fraction of sp³-hybridized carbons (Fsp3) is 0.600. The van der Waals surface area contributed by atoms with Crippen LogP contribution in [0.1, 0.15) is 127 Å². The number of ether oxygens (including phenoxy) is 2. The maximum Gasteiger partial charge on any atom is 0.420 e. The molecule has 0 aliphatic rings. The molecule has 2 heterocycles. The van der Waals surface area contributed by atoms with Crippen molar-refractivity contribution in [1.29, 1.82) is 0 Å². The zero-order valence-electron chi connectivity index (χ0n) is 30.8. The third-order valence-electron chi connectivity index (χ3n) is 9.41. The molecule has 0 aliphatic heterocycles. The van der Waals surface area contributed by atoms with E-state index in [0.717, 1.165) is 72.6 Å². The zero-order chi connectivity index (χ0) is 34.8. The summed E-state index contributed by atoms with van der Waals surface area (Å²) >= 11 is 0. The molecule has 0 atom stereocenters. The molecule has 2 aromatic heterocycles. The smallest absolute Gasteiger partial charge is 0.420 e. The first kappa shape index (κ1) is 37.1. The average Bonchev–Trinajstić information content (AvgIpc) is 3.57. The van der Waals surface area contributed by atoms with Crippen molar-refractivity contribution in [2.45, 2.75) is 132 Å². The lowest BCUT2D eigenvalue weighted by Crippen LogP contribution is -2.20. The molecule has 4 aromatic rings. The minimum Gasteiger partial charge on any atom is -0.449 e. The summed E-state index contributed by atoms with van der Waals surface area (Å²) in [5.41, 5.74) is 6.74. The number of carbonyl (C=O) groups excluding carboxylic acids is 2. The van der Waals surface area contributed by atoms with Crippen LogP contribution in [0, 0.1) is 39.5 Å². The summed E-state index contributed by atoms with van der Waals surface area (Å²) in [6, 6.07) is 7.85. The number of rotatable bonds is 17. The van der Waals surface area contributed by atoms with E-state index in [0.29, 0.717) is 35.3 Å². The molecule has 0 spiro atoms. The Morgan fingerprint density at radius 1 is 0.542 bits per heavy atom. The molecule has 2 aromatic carbocycles. The fourth-order valence-electron chi connectivity index (χ4n) is 6.15. The molecule has 262 valence electrons. The molecule has 0 N–H and O–H groups in total. The van der Waals surface area contributed by atoms with Crippen LogP contribution < -0.4 is 0 Å². The Hall–Kier alpha value is -3.68. The molecular formula is C40H58N4O4. The highest BCUT2D eigenvalue weighted by molar-refractivity contribution is 5.96. The van der Waals surface area contributed by atoms with Gasteiger partial charge in [0.2, 0.25) is 0 Å². The van der Waals surface area contributed by atoms with Gasteiger partial charge in [-0.2, -0.15) is 0 Å². The third-order valence-corrected chi connectivity index (χ3v) is 9.41. The van der Waals surface area contributed by atoms with Crippen LogP contribution in [0.4, 0.5) is 9.59 Å². The Balaban J connectivity index is 1.60. The van der Waals surface area contributed by atoms with E-state index in [1.807, 2.05) is 52.0 Å². The van der Waals surface area contributed by atoms with Crippen LogP contribution in [0.2, 0.25) is 0 Å². The zero-order valence-corrected chi connectivity index (χ0v) is 30.8. The number of unbranched alkanes of at least 4 members (excludes halogenated alkanes) is 8. The highest BCUT2D eigenvalue weighted by Gasteiger charge is 2.28. The molecule has 4 rings (SSSR count). The number of fused-ring (bicyclic) bond motifs is 2. The summed E-state index contributed by atoms with van der Waals surface area (Å²) in [4.78, 5) is 37.5. The summed E-state index contributed by atoms with van der Waals surface area (Å²) < 4.78 is 14.7. The van der Waals surface area contributed by atoms with Crippen molar-refractivity contribution in [3.8, 4) is 11.6 Å². The van der Waals surface area contributed by atoms with Crippen molar-refractivity contribution in [2.75, 3.05) is 13.2 Å². The van der Waals surface area contributed by atoms with Crippen molar-refractivity contribution in [1.82, 2.24) is 19.1 Å². The SMILES string of the molecule is Cc1cc2nc(-c3nc4cc(C)c(C)cc4n3C(=O)OCCCCCCCC(C)C)n(C(=O)OCCCCCCCC(C)C)c2cc1C. The van der Waals surface area contributed by atoms with Crippen molar-refractivity contribution in [3.63, 3.8) is 0 Å². The molecule has 0 saturated heterocycles. The van der Waals surface area contributed by atoms with E-state index >= 15 is 0 Å². The van der Waals surface area contributed by atoms with Gasteiger partial charge >= 0.3 is 12.2 Å². The normalized spacial score (nSPS) is 11.8. The largest absolute Gasteiger partial charge is 0.449 e. The number of hydrogen-bond acceptors (Lipinski definition) is 6. The molecule has 48 heavy (non-hydrogen) atoms. The first-order valence-corrected chi connectivity index (χ1v) is 18.3. The quantitative estimate of drug-likeness (QED) is 0.105. The number of nitrogens with zero attached hydrogens (tertiary/aromatic N) is 4. The van der Waals surface area contributed by atoms with Crippen LogP contribution in [0.25, 0.3) is 33.7 Å². The van der Waals surface area contributed by atoms with Crippen molar-refractivity contribution in [3.05, 3.63) is 46.5 Å². The fourth-order valence-corrected chi connectivity index (χ4v) is 6.15. The predicted molar refractivity (Wildman–Crippen MR) is 196 cm³/mol. The van der Waals surface area contributed by atoms with Gasteiger partial charge in [-0.3, -0.25) is 0 Å². The van der Waals surface area contributed by atoms with Crippen LogP contribution in [0.5, 0.6) is 0 Å². The second kappa shape index (κ2) is 17.6. The van der Waals surface area contributed by atoms with Crippen molar-refractivity contribution in [2.24, 2.45) is 11.8 Å². The van der Waals surface area contributed by atoms with Gasteiger partial charge in [0.1, 0.15) is 0 Å². The summed E-state index contributed by atoms with van der Waals surface area (Å²) in [7, 11) is 0.